The molecule has 1 aliphatic heterocycles. The number of nitrogens with zero attached hydrogens (tertiary/aromatic N) is 3. The number of halogens is 1. The molecule has 0 aliphatic carbocycles. The van der Waals surface area contributed by atoms with Crippen LogP contribution in [0.4, 0.5) is 0 Å². The number of piperazine rings is 1. The van der Waals surface area contributed by atoms with E-state index in [2.05, 4.69) is 84.1 Å². The Morgan fingerprint density at radius 3 is 2.39 bits per heavy atom. The molecule has 4 aromatic rings. The Labute approximate surface area is 222 Å². The summed E-state index contributed by atoms with van der Waals surface area (Å²) in [6.45, 7) is 10.6. The molecule has 184 valence electrons. The van der Waals surface area contributed by atoms with Crippen LogP contribution in [0, 0.1) is 6.92 Å². The van der Waals surface area contributed by atoms with Crippen LogP contribution in [0.2, 0.25) is 0 Å². The second kappa shape index (κ2) is 10.5. The molecular formula is C31H32BrN3O. The number of hydrogen-bond acceptors (Lipinski definition) is 3. The van der Waals surface area contributed by atoms with Crippen molar-refractivity contribution in [1.82, 2.24) is 14.8 Å². The van der Waals surface area contributed by atoms with E-state index < -0.39 is 0 Å². The first-order valence-corrected chi connectivity index (χ1v) is 13.4. The minimum atomic E-state index is 0.0790. The van der Waals surface area contributed by atoms with E-state index >= 15 is 0 Å². The molecule has 1 aromatic heterocycles. The molecule has 0 radical (unpaired) electrons. The van der Waals surface area contributed by atoms with Crippen molar-refractivity contribution in [2.24, 2.45) is 0 Å². The van der Waals surface area contributed by atoms with E-state index in [-0.39, 0.29) is 5.91 Å². The number of carbonyl (C=O) groups is 1. The lowest BCUT2D eigenvalue weighted by atomic mass is 10.0. The van der Waals surface area contributed by atoms with Gasteiger partial charge in [0.1, 0.15) is 0 Å². The van der Waals surface area contributed by atoms with Crippen molar-refractivity contribution in [3.05, 3.63) is 99.5 Å². The standard InChI is InChI=1S/C31H32BrN3O/c1-21(2)24-9-7-23(8-10-24)20-34-13-15-35(16-14-34)31(36)28-19-30(25-6-4-5-22(3)17-25)33-29-12-11-26(32)18-27(28)29/h4-12,17-19,21H,13-16,20H2,1-3H3. The van der Waals surface area contributed by atoms with Crippen LogP contribution < -0.4 is 0 Å². The van der Waals surface area contributed by atoms with E-state index in [1.54, 1.807) is 0 Å². The fourth-order valence-corrected chi connectivity index (χ4v) is 5.23. The van der Waals surface area contributed by atoms with Crippen LogP contribution in [0.3, 0.4) is 0 Å². The van der Waals surface area contributed by atoms with E-state index in [1.165, 1.54) is 16.7 Å². The predicted octanol–water partition coefficient (Wildman–Crippen LogP) is 7.05. The minimum Gasteiger partial charge on any atom is -0.336 e. The van der Waals surface area contributed by atoms with Crippen molar-refractivity contribution < 1.29 is 4.79 Å². The summed E-state index contributed by atoms with van der Waals surface area (Å²) in [4.78, 5) is 23.1. The van der Waals surface area contributed by atoms with Crippen LogP contribution in [0.5, 0.6) is 0 Å². The molecule has 5 rings (SSSR count). The molecule has 0 unspecified atom stereocenters. The molecule has 1 amide bonds. The highest BCUT2D eigenvalue weighted by Crippen LogP contribution is 2.29. The zero-order valence-corrected chi connectivity index (χ0v) is 22.8. The number of aromatic nitrogens is 1. The largest absolute Gasteiger partial charge is 0.336 e. The summed E-state index contributed by atoms with van der Waals surface area (Å²) < 4.78 is 0.947. The molecule has 0 N–H and O–H groups in total. The van der Waals surface area contributed by atoms with Crippen LogP contribution in [0.15, 0.2) is 77.3 Å². The third kappa shape index (κ3) is 5.37. The number of carbonyl (C=O) groups excluding carboxylic acids is 1. The van der Waals surface area contributed by atoms with Gasteiger partial charge in [-0.15, -0.1) is 0 Å². The third-order valence-corrected chi connectivity index (χ3v) is 7.52. The maximum Gasteiger partial charge on any atom is 0.254 e. The third-order valence-electron chi connectivity index (χ3n) is 7.03. The summed E-state index contributed by atoms with van der Waals surface area (Å²) in [6, 6.07) is 25.2. The first kappa shape index (κ1) is 24.7. The van der Waals surface area contributed by atoms with Crippen LogP contribution >= 0.6 is 15.9 Å². The molecule has 2 heterocycles. The van der Waals surface area contributed by atoms with Gasteiger partial charge in [0, 0.05) is 48.1 Å². The average Bonchev–Trinajstić information content (AvgIpc) is 2.88. The topological polar surface area (TPSA) is 36.4 Å². The first-order valence-electron chi connectivity index (χ1n) is 12.7. The van der Waals surface area contributed by atoms with Gasteiger partial charge in [-0.1, -0.05) is 77.8 Å². The molecule has 4 nitrogen and oxygen atoms in total. The normalized spacial score (nSPS) is 14.5. The van der Waals surface area contributed by atoms with Gasteiger partial charge < -0.3 is 4.90 Å². The Bertz CT molecular complexity index is 1390. The van der Waals surface area contributed by atoms with Gasteiger partial charge in [0.05, 0.1) is 16.8 Å². The SMILES string of the molecule is Cc1cccc(-c2cc(C(=O)N3CCN(Cc4ccc(C(C)C)cc4)CC3)c3cc(Br)ccc3n2)c1. The molecule has 0 atom stereocenters. The van der Waals surface area contributed by atoms with E-state index in [0.29, 0.717) is 5.92 Å². The molecule has 36 heavy (non-hydrogen) atoms. The summed E-state index contributed by atoms with van der Waals surface area (Å²) in [6.07, 6.45) is 0. The summed E-state index contributed by atoms with van der Waals surface area (Å²) in [5.74, 6) is 0.625. The van der Waals surface area contributed by atoms with Gasteiger partial charge in [0.25, 0.3) is 5.91 Å². The second-order valence-electron chi connectivity index (χ2n) is 10.1. The monoisotopic (exact) mass is 541 g/mol. The molecule has 1 aliphatic rings. The predicted molar refractivity (Wildman–Crippen MR) is 151 cm³/mol. The van der Waals surface area contributed by atoms with E-state index in [0.717, 1.165) is 64.9 Å². The number of hydrogen-bond donors (Lipinski definition) is 0. The summed E-state index contributed by atoms with van der Waals surface area (Å²) in [5.41, 5.74) is 7.29. The summed E-state index contributed by atoms with van der Waals surface area (Å²) in [7, 11) is 0. The molecule has 0 saturated carbocycles. The van der Waals surface area contributed by atoms with E-state index in [9.17, 15) is 4.79 Å². The average molecular weight is 543 g/mol. The Morgan fingerprint density at radius 1 is 0.944 bits per heavy atom. The number of rotatable bonds is 5. The molecule has 0 bridgehead atoms. The Hall–Kier alpha value is -3.02. The van der Waals surface area contributed by atoms with Crippen molar-refractivity contribution >= 4 is 32.7 Å². The van der Waals surface area contributed by atoms with Crippen LogP contribution in [0.1, 0.15) is 46.8 Å². The van der Waals surface area contributed by atoms with E-state index in [1.807, 2.05) is 35.2 Å². The van der Waals surface area contributed by atoms with Gasteiger partial charge in [-0.2, -0.15) is 0 Å². The van der Waals surface area contributed by atoms with Crippen molar-refractivity contribution in [1.29, 1.82) is 0 Å². The van der Waals surface area contributed by atoms with Crippen molar-refractivity contribution in [2.75, 3.05) is 26.2 Å². The maximum atomic E-state index is 13.8. The molecule has 1 saturated heterocycles. The zero-order valence-electron chi connectivity index (χ0n) is 21.2. The number of pyridine rings is 1. The Balaban J connectivity index is 1.36. The fraction of sp³-hybridized carbons (Fsp3) is 0.290. The van der Waals surface area contributed by atoms with Gasteiger partial charge in [-0.05, 0) is 54.3 Å². The van der Waals surface area contributed by atoms with Crippen LogP contribution in [-0.4, -0.2) is 46.9 Å². The molecular weight excluding hydrogens is 510 g/mol. The van der Waals surface area contributed by atoms with Crippen LogP contribution in [-0.2, 0) is 6.54 Å². The number of fused-ring (bicyclic) bond motifs is 1. The summed E-state index contributed by atoms with van der Waals surface area (Å²) >= 11 is 3.58. The lowest BCUT2D eigenvalue weighted by molar-refractivity contribution is 0.0630. The zero-order chi connectivity index (χ0) is 25.2. The fourth-order valence-electron chi connectivity index (χ4n) is 4.87. The highest BCUT2D eigenvalue weighted by Gasteiger charge is 2.24. The molecule has 0 spiro atoms. The number of aryl methyl sites for hydroxylation is 1. The van der Waals surface area contributed by atoms with Gasteiger partial charge in [0.15, 0.2) is 0 Å². The lowest BCUT2D eigenvalue weighted by Crippen LogP contribution is -2.48. The van der Waals surface area contributed by atoms with Crippen LogP contribution in [0.25, 0.3) is 22.2 Å². The van der Waals surface area contributed by atoms with E-state index in [4.69, 9.17) is 4.98 Å². The first-order chi connectivity index (χ1) is 17.4. The van der Waals surface area contributed by atoms with Gasteiger partial charge in [0.2, 0.25) is 0 Å². The quantitative estimate of drug-likeness (QED) is 0.271. The van der Waals surface area contributed by atoms with Crippen molar-refractivity contribution in [3.63, 3.8) is 0 Å². The minimum absolute atomic E-state index is 0.0790. The van der Waals surface area contributed by atoms with Crippen molar-refractivity contribution in [3.8, 4) is 11.3 Å². The van der Waals surface area contributed by atoms with Gasteiger partial charge in [-0.25, -0.2) is 4.98 Å². The maximum absolute atomic E-state index is 13.8. The number of benzene rings is 3. The number of amides is 1. The van der Waals surface area contributed by atoms with Gasteiger partial charge >= 0.3 is 0 Å². The second-order valence-corrected chi connectivity index (χ2v) is 11.0. The smallest absolute Gasteiger partial charge is 0.254 e. The van der Waals surface area contributed by atoms with Crippen molar-refractivity contribution in [2.45, 2.75) is 33.2 Å². The molecule has 3 aromatic carbocycles. The van der Waals surface area contributed by atoms with Gasteiger partial charge in [-0.3, -0.25) is 9.69 Å². The highest BCUT2D eigenvalue weighted by molar-refractivity contribution is 9.10. The Morgan fingerprint density at radius 2 is 1.69 bits per heavy atom. The molecule has 1 fully saturated rings. The lowest BCUT2D eigenvalue weighted by Gasteiger charge is -2.35. The highest BCUT2D eigenvalue weighted by atomic mass is 79.9. The summed E-state index contributed by atoms with van der Waals surface area (Å²) in [5, 5.41) is 0.887. The Kier molecular flexibility index (Phi) is 7.22. The molecule has 5 heteroatoms.